The molecule has 0 spiro atoms. The monoisotopic (exact) mass is 403 g/mol. The zero-order valence-corrected chi connectivity index (χ0v) is 18.9. The molecule has 1 aromatic rings. The first-order valence-electron chi connectivity index (χ1n) is 12.3. The summed E-state index contributed by atoms with van der Waals surface area (Å²) < 4.78 is 0. The van der Waals surface area contributed by atoms with Crippen LogP contribution in [0.3, 0.4) is 0 Å². The minimum atomic E-state index is 0.0767. The molecular weight excluding hydrogens is 358 g/mol. The van der Waals surface area contributed by atoms with Crippen molar-refractivity contribution < 1.29 is 10.2 Å². The van der Waals surface area contributed by atoms with Gasteiger partial charge in [-0.05, 0) is 18.6 Å². The highest BCUT2D eigenvalue weighted by Crippen LogP contribution is 2.21. The van der Waals surface area contributed by atoms with E-state index in [9.17, 15) is 10.2 Å². The topological polar surface area (TPSA) is 52.8 Å². The van der Waals surface area contributed by atoms with Crippen LogP contribution in [-0.4, -0.2) is 23.0 Å². The number of aliphatic imine (C=N–C) groups is 1. The highest BCUT2D eigenvalue weighted by molar-refractivity contribution is 5.83. The second kappa shape index (κ2) is 18.5. The van der Waals surface area contributed by atoms with Gasteiger partial charge in [0.25, 0.3) is 0 Å². The van der Waals surface area contributed by atoms with Gasteiger partial charge in [0, 0.05) is 24.4 Å². The highest BCUT2D eigenvalue weighted by atomic mass is 16.3. The molecular formula is C26H45NO2. The van der Waals surface area contributed by atoms with Gasteiger partial charge in [0.15, 0.2) is 0 Å². The fourth-order valence-corrected chi connectivity index (χ4v) is 3.73. The van der Waals surface area contributed by atoms with E-state index < -0.39 is 0 Å². The number of aromatic hydroxyl groups is 2. The summed E-state index contributed by atoms with van der Waals surface area (Å²) in [7, 11) is 0. The van der Waals surface area contributed by atoms with Gasteiger partial charge in [-0.3, -0.25) is 4.99 Å². The van der Waals surface area contributed by atoms with Crippen LogP contribution in [0.2, 0.25) is 0 Å². The summed E-state index contributed by atoms with van der Waals surface area (Å²) in [5.41, 5.74) is 0.662. The molecule has 0 amide bonds. The summed E-state index contributed by atoms with van der Waals surface area (Å²) in [4.78, 5) is 4.37. The molecule has 1 rings (SSSR count). The zero-order valence-electron chi connectivity index (χ0n) is 18.9. The van der Waals surface area contributed by atoms with Crippen molar-refractivity contribution in [3.05, 3.63) is 23.8 Å². The molecule has 0 fully saturated rings. The van der Waals surface area contributed by atoms with E-state index in [0.29, 0.717) is 5.56 Å². The Bertz CT molecular complexity index is 527. The number of rotatable bonds is 19. The maximum atomic E-state index is 9.69. The molecule has 0 saturated carbocycles. The summed E-state index contributed by atoms with van der Waals surface area (Å²) >= 11 is 0. The average molecular weight is 404 g/mol. The third-order valence-corrected chi connectivity index (χ3v) is 5.64. The van der Waals surface area contributed by atoms with Crippen LogP contribution in [0.5, 0.6) is 11.5 Å². The third-order valence-electron chi connectivity index (χ3n) is 5.64. The molecule has 0 bridgehead atoms. The van der Waals surface area contributed by atoms with Crippen molar-refractivity contribution in [2.45, 2.75) is 116 Å². The fraction of sp³-hybridized carbons (Fsp3) is 0.731. The predicted octanol–water partition coefficient (Wildman–Crippen LogP) is 8.17. The zero-order chi connectivity index (χ0) is 21.0. The minimum absolute atomic E-state index is 0.0767. The average Bonchev–Trinajstić information content (AvgIpc) is 2.71. The molecule has 0 atom stereocenters. The van der Waals surface area contributed by atoms with Crippen LogP contribution in [0, 0.1) is 0 Å². The lowest BCUT2D eigenvalue weighted by molar-refractivity contribution is 0.450. The molecule has 0 aliphatic carbocycles. The number of benzene rings is 1. The van der Waals surface area contributed by atoms with Crippen LogP contribution in [0.25, 0.3) is 0 Å². The lowest BCUT2D eigenvalue weighted by Gasteiger charge is -2.03. The number of hydrogen-bond acceptors (Lipinski definition) is 3. The quantitative estimate of drug-likeness (QED) is 0.181. The third kappa shape index (κ3) is 15.1. The van der Waals surface area contributed by atoms with Gasteiger partial charge in [0.2, 0.25) is 0 Å². The Balaban J connectivity index is 1.79. The molecule has 0 aromatic heterocycles. The molecule has 0 radical (unpaired) electrons. The van der Waals surface area contributed by atoms with E-state index in [1.165, 1.54) is 109 Å². The predicted molar refractivity (Wildman–Crippen MR) is 126 cm³/mol. The number of unbranched alkanes of at least 4 members (excludes halogenated alkanes) is 16. The molecule has 3 heteroatoms. The van der Waals surface area contributed by atoms with Crippen molar-refractivity contribution in [3.8, 4) is 11.5 Å². The van der Waals surface area contributed by atoms with Gasteiger partial charge < -0.3 is 10.2 Å². The number of phenolic OH excluding ortho intramolecular Hbond substituents is 2. The second-order valence-corrected chi connectivity index (χ2v) is 8.44. The molecule has 0 unspecified atom stereocenters. The van der Waals surface area contributed by atoms with Crippen LogP contribution in [-0.2, 0) is 0 Å². The Morgan fingerprint density at radius 3 is 1.55 bits per heavy atom. The Morgan fingerprint density at radius 2 is 1.10 bits per heavy atom. The van der Waals surface area contributed by atoms with E-state index in [-0.39, 0.29) is 11.5 Å². The fourth-order valence-electron chi connectivity index (χ4n) is 3.73. The van der Waals surface area contributed by atoms with Crippen molar-refractivity contribution in [3.63, 3.8) is 0 Å². The maximum absolute atomic E-state index is 9.69. The highest BCUT2D eigenvalue weighted by Gasteiger charge is 1.99. The van der Waals surface area contributed by atoms with Gasteiger partial charge in [-0.25, -0.2) is 0 Å². The van der Waals surface area contributed by atoms with Gasteiger partial charge in [-0.1, -0.05) is 110 Å². The Morgan fingerprint density at radius 1 is 0.655 bits per heavy atom. The lowest BCUT2D eigenvalue weighted by atomic mass is 10.0. The van der Waals surface area contributed by atoms with Crippen molar-refractivity contribution in [2.75, 3.05) is 6.54 Å². The molecule has 29 heavy (non-hydrogen) atoms. The Labute approximate surface area is 179 Å². The van der Waals surface area contributed by atoms with E-state index in [2.05, 4.69) is 11.9 Å². The van der Waals surface area contributed by atoms with Crippen molar-refractivity contribution in [2.24, 2.45) is 4.99 Å². The maximum Gasteiger partial charge on any atom is 0.128 e. The number of hydrogen-bond donors (Lipinski definition) is 2. The molecule has 3 nitrogen and oxygen atoms in total. The van der Waals surface area contributed by atoms with E-state index in [4.69, 9.17) is 0 Å². The van der Waals surface area contributed by atoms with Crippen LogP contribution in [0.15, 0.2) is 23.2 Å². The number of nitrogens with zero attached hydrogens (tertiary/aromatic N) is 1. The minimum Gasteiger partial charge on any atom is -0.508 e. The first kappa shape index (κ1) is 25.5. The summed E-state index contributed by atoms with van der Waals surface area (Å²) in [6.45, 7) is 3.09. The van der Waals surface area contributed by atoms with Crippen LogP contribution in [0.4, 0.5) is 0 Å². The standard InChI is InChI=1S/C26H45NO2/c1-2-3-4-5-6-7-8-9-10-11-12-13-14-15-16-17-18-21-27-23-24-19-20-25(28)22-26(24)29/h19-20,22-23,28-29H,2-18,21H2,1H3. The molecule has 0 heterocycles. The summed E-state index contributed by atoms with van der Waals surface area (Å²) in [6.07, 6.45) is 25.2. The van der Waals surface area contributed by atoms with Gasteiger partial charge >= 0.3 is 0 Å². The van der Waals surface area contributed by atoms with Crippen molar-refractivity contribution in [1.29, 1.82) is 0 Å². The van der Waals surface area contributed by atoms with Crippen LogP contribution >= 0.6 is 0 Å². The van der Waals surface area contributed by atoms with E-state index in [1.807, 2.05) is 0 Å². The van der Waals surface area contributed by atoms with Gasteiger partial charge in [-0.15, -0.1) is 0 Å². The van der Waals surface area contributed by atoms with Crippen LogP contribution < -0.4 is 0 Å². The van der Waals surface area contributed by atoms with Crippen LogP contribution in [0.1, 0.15) is 122 Å². The molecule has 2 N–H and O–H groups in total. The summed E-state index contributed by atoms with van der Waals surface area (Å²) in [5, 5.41) is 19.0. The van der Waals surface area contributed by atoms with E-state index >= 15 is 0 Å². The summed E-state index contributed by atoms with van der Waals surface area (Å²) in [5.74, 6) is 0.156. The molecule has 0 aliphatic heterocycles. The second-order valence-electron chi connectivity index (χ2n) is 8.44. The van der Waals surface area contributed by atoms with Crippen molar-refractivity contribution >= 4 is 6.21 Å². The SMILES string of the molecule is CCCCCCCCCCCCCCCCCCCN=Cc1ccc(O)cc1O. The molecule has 1 aromatic carbocycles. The normalized spacial score (nSPS) is 11.5. The van der Waals surface area contributed by atoms with Gasteiger partial charge in [0.05, 0.1) is 0 Å². The first-order chi connectivity index (χ1) is 14.2. The molecule has 0 saturated heterocycles. The van der Waals surface area contributed by atoms with E-state index in [0.717, 1.165) is 13.0 Å². The number of phenols is 2. The lowest BCUT2D eigenvalue weighted by Crippen LogP contribution is -1.87. The van der Waals surface area contributed by atoms with E-state index in [1.54, 1.807) is 18.3 Å². The smallest absolute Gasteiger partial charge is 0.128 e. The van der Waals surface area contributed by atoms with Gasteiger partial charge in [0.1, 0.15) is 11.5 Å². The van der Waals surface area contributed by atoms with Crippen molar-refractivity contribution in [1.82, 2.24) is 0 Å². The Hall–Kier alpha value is -1.51. The first-order valence-corrected chi connectivity index (χ1v) is 12.3. The van der Waals surface area contributed by atoms with Gasteiger partial charge in [-0.2, -0.15) is 0 Å². The molecule has 166 valence electrons. The Kier molecular flexibility index (Phi) is 16.3. The summed E-state index contributed by atoms with van der Waals surface area (Å²) in [6, 6.07) is 4.59. The molecule has 0 aliphatic rings. The largest absolute Gasteiger partial charge is 0.508 e.